The fourth-order valence-electron chi connectivity index (χ4n) is 2.18. The lowest BCUT2D eigenvalue weighted by Crippen LogP contribution is -2.30. The van der Waals surface area contributed by atoms with Gasteiger partial charge in [-0.15, -0.1) is 0 Å². The van der Waals surface area contributed by atoms with Crippen LogP contribution >= 0.6 is 11.6 Å². The molecule has 2 aromatic carbocycles. The van der Waals surface area contributed by atoms with Crippen molar-refractivity contribution in [2.45, 2.75) is 20.0 Å². The van der Waals surface area contributed by atoms with Gasteiger partial charge in [0.05, 0.1) is 30.0 Å². The van der Waals surface area contributed by atoms with Crippen molar-refractivity contribution >= 4 is 29.2 Å². The van der Waals surface area contributed by atoms with Crippen LogP contribution in [0.3, 0.4) is 0 Å². The maximum Gasteiger partial charge on any atom is 0.339 e. The second kappa shape index (κ2) is 9.23. The van der Waals surface area contributed by atoms with Crippen LogP contribution in [-0.2, 0) is 9.53 Å². The van der Waals surface area contributed by atoms with Crippen LogP contribution in [0.2, 0.25) is 5.02 Å². The third-order valence-corrected chi connectivity index (χ3v) is 3.85. The van der Waals surface area contributed by atoms with Crippen LogP contribution < -0.4 is 14.8 Å². The van der Waals surface area contributed by atoms with E-state index in [-0.39, 0.29) is 16.3 Å². The zero-order valence-electron chi connectivity index (χ0n) is 15.0. The number of halogens is 2. The van der Waals surface area contributed by atoms with Crippen molar-refractivity contribution in [3.63, 3.8) is 0 Å². The van der Waals surface area contributed by atoms with Crippen LogP contribution in [0.4, 0.5) is 10.1 Å². The first-order valence-corrected chi connectivity index (χ1v) is 8.51. The van der Waals surface area contributed by atoms with Crippen LogP contribution in [-0.4, -0.2) is 31.7 Å². The van der Waals surface area contributed by atoms with Gasteiger partial charge in [0.1, 0.15) is 5.82 Å². The molecule has 27 heavy (non-hydrogen) atoms. The van der Waals surface area contributed by atoms with E-state index in [0.29, 0.717) is 18.1 Å². The SMILES string of the molecule is CCOc1cc(C(=O)O[C@H](C)C(=O)Nc2ccc(F)cc2Cl)ccc1OC. The topological polar surface area (TPSA) is 73.9 Å². The lowest BCUT2D eigenvalue weighted by Gasteiger charge is -2.15. The molecule has 2 rings (SSSR count). The molecule has 1 N–H and O–H groups in total. The van der Waals surface area contributed by atoms with E-state index in [1.54, 1.807) is 13.0 Å². The van der Waals surface area contributed by atoms with Crippen molar-refractivity contribution < 1.29 is 28.2 Å². The molecule has 0 aliphatic rings. The number of hydrogen-bond acceptors (Lipinski definition) is 5. The number of esters is 1. The third kappa shape index (κ3) is 5.34. The van der Waals surface area contributed by atoms with Crippen LogP contribution in [0, 0.1) is 5.82 Å². The number of carbonyl (C=O) groups excluding carboxylic acids is 2. The maximum absolute atomic E-state index is 13.1. The second-order valence-electron chi connectivity index (χ2n) is 5.46. The fraction of sp³-hybridized carbons (Fsp3) is 0.263. The van der Waals surface area contributed by atoms with Gasteiger partial charge in [-0.3, -0.25) is 4.79 Å². The van der Waals surface area contributed by atoms with Crippen LogP contribution in [0.1, 0.15) is 24.2 Å². The van der Waals surface area contributed by atoms with Crippen molar-refractivity contribution in [1.29, 1.82) is 0 Å². The Hall–Kier alpha value is -2.80. The molecule has 1 amide bonds. The molecule has 6 nitrogen and oxygen atoms in total. The van der Waals surface area contributed by atoms with Gasteiger partial charge in [0.2, 0.25) is 0 Å². The number of anilines is 1. The van der Waals surface area contributed by atoms with E-state index < -0.39 is 23.8 Å². The average molecular weight is 396 g/mol. The quantitative estimate of drug-likeness (QED) is 0.715. The summed E-state index contributed by atoms with van der Waals surface area (Å²) in [7, 11) is 1.49. The highest BCUT2D eigenvalue weighted by atomic mass is 35.5. The van der Waals surface area contributed by atoms with Gasteiger partial charge in [-0.1, -0.05) is 11.6 Å². The number of nitrogens with one attached hydrogen (secondary N) is 1. The van der Waals surface area contributed by atoms with Crippen molar-refractivity contribution in [1.82, 2.24) is 0 Å². The zero-order chi connectivity index (χ0) is 20.0. The number of rotatable bonds is 7. The molecule has 0 spiro atoms. The Bertz CT molecular complexity index is 843. The molecule has 0 saturated carbocycles. The van der Waals surface area contributed by atoms with Crippen molar-refractivity contribution in [3.05, 3.63) is 52.8 Å². The summed E-state index contributed by atoms with van der Waals surface area (Å²) in [4.78, 5) is 24.5. The van der Waals surface area contributed by atoms with E-state index in [0.717, 1.165) is 12.1 Å². The lowest BCUT2D eigenvalue weighted by molar-refractivity contribution is -0.123. The van der Waals surface area contributed by atoms with Gasteiger partial charge in [0, 0.05) is 0 Å². The highest BCUT2D eigenvalue weighted by molar-refractivity contribution is 6.33. The average Bonchev–Trinajstić information content (AvgIpc) is 2.64. The first kappa shape index (κ1) is 20.5. The normalized spacial score (nSPS) is 11.4. The minimum atomic E-state index is -1.10. The number of methoxy groups -OCH3 is 1. The minimum Gasteiger partial charge on any atom is -0.493 e. The van der Waals surface area contributed by atoms with E-state index in [9.17, 15) is 14.0 Å². The molecule has 8 heteroatoms. The Kier molecular flexibility index (Phi) is 7.01. The Morgan fingerprint density at radius 1 is 1.19 bits per heavy atom. The lowest BCUT2D eigenvalue weighted by atomic mass is 10.2. The number of hydrogen-bond donors (Lipinski definition) is 1. The highest BCUT2D eigenvalue weighted by Gasteiger charge is 2.21. The smallest absolute Gasteiger partial charge is 0.339 e. The van der Waals surface area contributed by atoms with E-state index in [1.165, 1.54) is 32.2 Å². The maximum atomic E-state index is 13.1. The van der Waals surface area contributed by atoms with Gasteiger partial charge in [0.15, 0.2) is 17.6 Å². The number of carbonyl (C=O) groups is 2. The monoisotopic (exact) mass is 395 g/mol. The summed E-state index contributed by atoms with van der Waals surface area (Å²) in [6.45, 7) is 3.61. The molecule has 0 bridgehead atoms. The van der Waals surface area contributed by atoms with Gasteiger partial charge >= 0.3 is 5.97 Å². The van der Waals surface area contributed by atoms with E-state index in [4.69, 9.17) is 25.8 Å². The van der Waals surface area contributed by atoms with Crippen LogP contribution in [0.5, 0.6) is 11.5 Å². The Morgan fingerprint density at radius 3 is 2.56 bits per heavy atom. The number of benzene rings is 2. The van der Waals surface area contributed by atoms with Crippen LogP contribution in [0.15, 0.2) is 36.4 Å². The molecular formula is C19H19ClFNO5. The summed E-state index contributed by atoms with van der Waals surface area (Å²) in [6.07, 6.45) is -1.10. The first-order chi connectivity index (χ1) is 12.8. The molecule has 0 aliphatic heterocycles. The molecule has 0 fully saturated rings. The van der Waals surface area contributed by atoms with Gasteiger partial charge < -0.3 is 19.5 Å². The summed E-state index contributed by atoms with van der Waals surface area (Å²) >= 11 is 5.87. The van der Waals surface area contributed by atoms with Crippen molar-refractivity contribution in [2.24, 2.45) is 0 Å². The van der Waals surface area contributed by atoms with Gasteiger partial charge in [0.25, 0.3) is 5.91 Å². The van der Waals surface area contributed by atoms with Crippen molar-refractivity contribution in [3.8, 4) is 11.5 Å². The Morgan fingerprint density at radius 2 is 1.93 bits per heavy atom. The van der Waals surface area contributed by atoms with Gasteiger partial charge in [-0.05, 0) is 50.2 Å². The van der Waals surface area contributed by atoms with E-state index >= 15 is 0 Å². The summed E-state index contributed by atoms with van der Waals surface area (Å²) in [5.41, 5.74) is 0.424. The molecule has 0 unspecified atom stereocenters. The standard InChI is InChI=1S/C19H19ClFNO5/c1-4-26-17-9-12(5-8-16(17)25-3)19(24)27-11(2)18(23)22-15-7-6-13(21)10-14(15)20/h5-11H,4H2,1-3H3,(H,22,23)/t11-/m1/s1. The predicted octanol–water partition coefficient (Wildman–Crippen LogP) is 4.07. The summed E-state index contributed by atoms with van der Waals surface area (Å²) in [5.74, 6) is -0.960. The van der Waals surface area contributed by atoms with E-state index in [1.807, 2.05) is 0 Å². The molecule has 2 aromatic rings. The molecule has 1 atom stereocenters. The molecule has 144 valence electrons. The molecule has 0 radical (unpaired) electrons. The van der Waals surface area contributed by atoms with Gasteiger partial charge in [-0.25, -0.2) is 9.18 Å². The first-order valence-electron chi connectivity index (χ1n) is 8.13. The highest BCUT2D eigenvalue weighted by Crippen LogP contribution is 2.28. The molecule has 0 heterocycles. The number of ether oxygens (including phenoxy) is 3. The van der Waals surface area contributed by atoms with Gasteiger partial charge in [-0.2, -0.15) is 0 Å². The fourth-order valence-corrected chi connectivity index (χ4v) is 2.39. The molecule has 0 saturated heterocycles. The van der Waals surface area contributed by atoms with E-state index in [2.05, 4.69) is 5.32 Å². The minimum absolute atomic E-state index is 0.0402. The second-order valence-corrected chi connectivity index (χ2v) is 5.87. The Balaban J connectivity index is 2.06. The largest absolute Gasteiger partial charge is 0.493 e. The number of amides is 1. The molecular weight excluding hydrogens is 377 g/mol. The Labute approximate surface area is 161 Å². The third-order valence-electron chi connectivity index (χ3n) is 3.54. The summed E-state index contributed by atoms with van der Waals surface area (Å²) in [6, 6.07) is 8.11. The summed E-state index contributed by atoms with van der Waals surface area (Å²) in [5, 5.41) is 2.52. The molecule has 0 aromatic heterocycles. The predicted molar refractivity (Wildman–Crippen MR) is 99.1 cm³/mol. The summed E-state index contributed by atoms with van der Waals surface area (Å²) < 4.78 is 28.8. The van der Waals surface area contributed by atoms with Crippen molar-refractivity contribution in [2.75, 3.05) is 19.0 Å². The molecule has 0 aliphatic carbocycles. The zero-order valence-corrected chi connectivity index (χ0v) is 15.8. The van der Waals surface area contributed by atoms with Crippen LogP contribution in [0.25, 0.3) is 0 Å².